The van der Waals surface area contributed by atoms with Gasteiger partial charge < -0.3 is 5.32 Å². The van der Waals surface area contributed by atoms with Gasteiger partial charge in [0.25, 0.3) is 5.91 Å². The van der Waals surface area contributed by atoms with E-state index in [1.54, 1.807) is 10.9 Å². The Balaban J connectivity index is 1.63. The van der Waals surface area contributed by atoms with Crippen LogP contribution in [-0.4, -0.2) is 41.7 Å². The highest BCUT2D eigenvalue weighted by Crippen LogP contribution is 2.23. The van der Waals surface area contributed by atoms with Gasteiger partial charge in [0.05, 0.1) is 23.6 Å². The Morgan fingerprint density at radius 1 is 1.07 bits per heavy atom. The van der Waals surface area contributed by atoms with Crippen LogP contribution >= 0.6 is 0 Å². The van der Waals surface area contributed by atoms with Gasteiger partial charge in [0.15, 0.2) is 9.84 Å². The van der Waals surface area contributed by atoms with Crippen LogP contribution in [0.25, 0.3) is 11.3 Å². The molecular formula is C21H21N3O3S. The van der Waals surface area contributed by atoms with Crippen molar-refractivity contribution in [3.05, 3.63) is 78.0 Å². The number of nitrogens with zero attached hydrogens (tertiary/aromatic N) is 2. The second-order valence-electron chi connectivity index (χ2n) is 7.01. The summed E-state index contributed by atoms with van der Waals surface area (Å²) in [5.41, 5.74) is 2.97. The van der Waals surface area contributed by atoms with Crippen LogP contribution in [0.5, 0.6) is 0 Å². The fourth-order valence-electron chi connectivity index (χ4n) is 3.42. The number of sulfone groups is 1. The summed E-state index contributed by atoms with van der Waals surface area (Å²) in [5, 5.41) is 7.50. The Kier molecular flexibility index (Phi) is 5.00. The van der Waals surface area contributed by atoms with E-state index in [1.165, 1.54) is 0 Å². The highest BCUT2D eigenvalue weighted by atomic mass is 32.2. The molecule has 2 heterocycles. The molecule has 28 heavy (non-hydrogen) atoms. The Bertz CT molecular complexity index is 1080. The van der Waals surface area contributed by atoms with Gasteiger partial charge in [-0.1, -0.05) is 60.7 Å². The standard InChI is InChI=1S/C21H21N3O3S/c25-21(22-18-11-12-28(26,27)15-18)19-14-24(13-16-7-3-1-4-8-16)23-20(19)17-9-5-2-6-10-17/h1-10,14,18H,11-13,15H2,(H,22,25). The number of nitrogens with one attached hydrogen (secondary N) is 1. The van der Waals surface area contributed by atoms with Crippen LogP contribution in [0.3, 0.4) is 0 Å². The zero-order valence-electron chi connectivity index (χ0n) is 15.3. The van der Waals surface area contributed by atoms with Crippen LogP contribution in [0.2, 0.25) is 0 Å². The van der Waals surface area contributed by atoms with Crippen molar-refractivity contribution in [3.8, 4) is 11.3 Å². The molecule has 1 aliphatic rings. The summed E-state index contributed by atoms with van der Waals surface area (Å²) in [6.07, 6.45) is 2.18. The van der Waals surface area contributed by atoms with E-state index < -0.39 is 9.84 Å². The van der Waals surface area contributed by atoms with Gasteiger partial charge in [-0.15, -0.1) is 0 Å². The number of benzene rings is 2. The maximum absolute atomic E-state index is 12.9. The molecule has 0 saturated carbocycles. The molecule has 1 aromatic heterocycles. The minimum Gasteiger partial charge on any atom is -0.348 e. The van der Waals surface area contributed by atoms with Crippen LogP contribution in [0.4, 0.5) is 0 Å². The van der Waals surface area contributed by atoms with E-state index in [0.29, 0.717) is 24.2 Å². The number of aromatic nitrogens is 2. The molecule has 3 aromatic rings. The van der Waals surface area contributed by atoms with Crippen molar-refractivity contribution in [1.29, 1.82) is 0 Å². The summed E-state index contributed by atoms with van der Waals surface area (Å²) < 4.78 is 25.1. The van der Waals surface area contributed by atoms with Gasteiger partial charge >= 0.3 is 0 Å². The molecule has 1 atom stereocenters. The van der Waals surface area contributed by atoms with Gasteiger partial charge in [-0.2, -0.15) is 5.10 Å². The maximum atomic E-state index is 12.9. The molecule has 0 aliphatic carbocycles. The summed E-state index contributed by atoms with van der Waals surface area (Å²) in [7, 11) is -3.06. The second-order valence-corrected chi connectivity index (χ2v) is 9.24. The third-order valence-electron chi connectivity index (χ3n) is 4.81. The van der Waals surface area contributed by atoms with Crippen molar-refractivity contribution in [1.82, 2.24) is 15.1 Å². The van der Waals surface area contributed by atoms with E-state index in [1.807, 2.05) is 60.7 Å². The van der Waals surface area contributed by atoms with Crippen molar-refractivity contribution < 1.29 is 13.2 Å². The maximum Gasteiger partial charge on any atom is 0.255 e. The van der Waals surface area contributed by atoms with Gasteiger partial charge in [-0.3, -0.25) is 9.48 Å². The first kappa shape index (κ1) is 18.4. The van der Waals surface area contributed by atoms with Crippen LogP contribution in [0.1, 0.15) is 22.3 Å². The number of rotatable bonds is 5. The molecule has 0 spiro atoms. The predicted molar refractivity (Wildman–Crippen MR) is 108 cm³/mol. The molecule has 144 valence electrons. The van der Waals surface area contributed by atoms with Gasteiger partial charge in [-0.05, 0) is 12.0 Å². The first-order valence-electron chi connectivity index (χ1n) is 9.18. The highest BCUT2D eigenvalue weighted by molar-refractivity contribution is 7.91. The van der Waals surface area contributed by atoms with Crippen molar-refractivity contribution in [3.63, 3.8) is 0 Å². The fourth-order valence-corrected chi connectivity index (χ4v) is 5.09. The van der Waals surface area contributed by atoms with E-state index in [0.717, 1.165) is 11.1 Å². The quantitative estimate of drug-likeness (QED) is 0.720. The van der Waals surface area contributed by atoms with Crippen molar-refractivity contribution >= 4 is 15.7 Å². The number of hydrogen-bond donors (Lipinski definition) is 1. The summed E-state index contributed by atoms with van der Waals surface area (Å²) in [4.78, 5) is 12.9. The first-order valence-corrected chi connectivity index (χ1v) is 11.0. The van der Waals surface area contributed by atoms with E-state index in [-0.39, 0.29) is 23.5 Å². The first-order chi connectivity index (χ1) is 13.5. The van der Waals surface area contributed by atoms with Gasteiger partial charge in [-0.25, -0.2) is 8.42 Å². The largest absolute Gasteiger partial charge is 0.348 e. The lowest BCUT2D eigenvalue weighted by Crippen LogP contribution is -2.35. The molecule has 0 radical (unpaired) electrons. The number of amides is 1. The molecule has 1 saturated heterocycles. The SMILES string of the molecule is O=C(NC1CCS(=O)(=O)C1)c1cn(Cc2ccccc2)nc1-c1ccccc1. The van der Waals surface area contributed by atoms with E-state index in [4.69, 9.17) is 0 Å². The number of carbonyl (C=O) groups is 1. The average Bonchev–Trinajstić information content (AvgIpc) is 3.26. The molecule has 1 aliphatic heterocycles. The topological polar surface area (TPSA) is 81.1 Å². The Morgan fingerprint density at radius 3 is 2.39 bits per heavy atom. The normalized spacial score (nSPS) is 18.1. The molecule has 1 unspecified atom stereocenters. The monoisotopic (exact) mass is 395 g/mol. The Morgan fingerprint density at radius 2 is 1.75 bits per heavy atom. The molecule has 2 aromatic carbocycles. The van der Waals surface area contributed by atoms with Crippen molar-refractivity contribution in [2.45, 2.75) is 19.0 Å². The minimum atomic E-state index is -3.06. The van der Waals surface area contributed by atoms with E-state index in [2.05, 4.69) is 10.4 Å². The smallest absolute Gasteiger partial charge is 0.255 e. The summed E-state index contributed by atoms with van der Waals surface area (Å²) >= 11 is 0. The molecule has 1 fully saturated rings. The van der Waals surface area contributed by atoms with Crippen molar-refractivity contribution in [2.75, 3.05) is 11.5 Å². The Labute approximate surface area is 164 Å². The zero-order chi connectivity index (χ0) is 19.6. The Hall–Kier alpha value is -2.93. The van der Waals surface area contributed by atoms with E-state index >= 15 is 0 Å². The average molecular weight is 395 g/mol. The second kappa shape index (κ2) is 7.59. The summed E-state index contributed by atoms with van der Waals surface area (Å²) in [5.74, 6) is -0.172. The number of hydrogen-bond acceptors (Lipinski definition) is 4. The van der Waals surface area contributed by atoms with Crippen LogP contribution < -0.4 is 5.32 Å². The molecule has 7 heteroatoms. The van der Waals surface area contributed by atoms with Gasteiger partial charge in [0.2, 0.25) is 0 Å². The summed E-state index contributed by atoms with van der Waals surface area (Å²) in [6.45, 7) is 0.547. The molecular weight excluding hydrogens is 374 g/mol. The molecule has 1 amide bonds. The molecule has 4 rings (SSSR count). The minimum absolute atomic E-state index is 0.00242. The van der Waals surface area contributed by atoms with Gasteiger partial charge in [0.1, 0.15) is 5.69 Å². The lowest BCUT2D eigenvalue weighted by atomic mass is 10.1. The zero-order valence-corrected chi connectivity index (χ0v) is 16.1. The van der Waals surface area contributed by atoms with Crippen LogP contribution in [0, 0.1) is 0 Å². The lowest BCUT2D eigenvalue weighted by Gasteiger charge is -2.10. The number of carbonyl (C=O) groups excluding carboxylic acids is 1. The van der Waals surface area contributed by atoms with Crippen molar-refractivity contribution in [2.24, 2.45) is 0 Å². The molecule has 6 nitrogen and oxygen atoms in total. The predicted octanol–water partition coefficient (Wildman–Crippen LogP) is 2.52. The van der Waals surface area contributed by atoms with Crippen LogP contribution in [0.15, 0.2) is 66.9 Å². The third kappa shape index (κ3) is 4.14. The third-order valence-corrected chi connectivity index (χ3v) is 6.58. The highest BCUT2D eigenvalue weighted by Gasteiger charge is 2.30. The van der Waals surface area contributed by atoms with E-state index in [9.17, 15) is 13.2 Å². The fraction of sp³-hybridized carbons (Fsp3) is 0.238. The summed E-state index contributed by atoms with van der Waals surface area (Å²) in [6, 6.07) is 19.1. The van der Waals surface area contributed by atoms with Gasteiger partial charge in [0, 0.05) is 17.8 Å². The lowest BCUT2D eigenvalue weighted by molar-refractivity contribution is 0.0941. The molecule has 1 N–H and O–H groups in total. The molecule has 0 bridgehead atoms. The van der Waals surface area contributed by atoms with Crippen LogP contribution in [-0.2, 0) is 16.4 Å².